The number of fused-ring (bicyclic) bond motifs is 2. The second kappa shape index (κ2) is 6.23. The summed E-state index contributed by atoms with van der Waals surface area (Å²) < 4.78 is 2.03. The van der Waals surface area contributed by atoms with Gasteiger partial charge in [-0.2, -0.15) is 5.10 Å². The van der Waals surface area contributed by atoms with Gasteiger partial charge in [0.1, 0.15) is 0 Å². The van der Waals surface area contributed by atoms with Crippen molar-refractivity contribution < 1.29 is 4.79 Å². The number of carbonyl (C=O) groups excluding carboxylic acids is 1. The minimum atomic E-state index is 0.142. The van der Waals surface area contributed by atoms with Crippen LogP contribution >= 0.6 is 0 Å². The van der Waals surface area contributed by atoms with E-state index >= 15 is 0 Å². The fourth-order valence-electron chi connectivity index (χ4n) is 4.84. The van der Waals surface area contributed by atoms with Crippen molar-refractivity contribution in [1.82, 2.24) is 20.0 Å². The first-order valence-corrected chi connectivity index (χ1v) is 9.88. The Morgan fingerprint density at radius 1 is 1.08 bits per heavy atom. The van der Waals surface area contributed by atoms with E-state index in [2.05, 4.69) is 36.5 Å². The lowest BCUT2D eigenvalue weighted by Crippen LogP contribution is -2.32. The molecule has 2 aliphatic heterocycles. The molecule has 1 aliphatic carbocycles. The molecule has 26 heavy (non-hydrogen) atoms. The molecule has 5 rings (SSSR count). The molecule has 1 aromatic carbocycles. The first-order chi connectivity index (χ1) is 12.7. The van der Waals surface area contributed by atoms with Crippen LogP contribution in [-0.2, 0) is 12.8 Å². The lowest BCUT2D eigenvalue weighted by molar-refractivity contribution is 0.0774. The highest BCUT2D eigenvalue weighted by Crippen LogP contribution is 2.31. The number of likely N-dealkylation sites (tertiary alicyclic amines) is 1. The summed E-state index contributed by atoms with van der Waals surface area (Å²) in [5.41, 5.74) is 5.44. The Morgan fingerprint density at radius 3 is 2.50 bits per heavy atom. The molecule has 5 nitrogen and oxygen atoms in total. The number of hydrogen-bond donors (Lipinski definition) is 1. The lowest BCUT2D eigenvalue weighted by atomic mass is 9.95. The van der Waals surface area contributed by atoms with Crippen LogP contribution in [0.2, 0.25) is 0 Å². The van der Waals surface area contributed by atoms with Crippen LogP contribution in [0, 0.1) is 18.8 Å². The van der Waals surface area contributed by atoms with Crippen molar-refractivity contribution in [3.8, 4) is 5.69 Å². The predicted octanol–water partition coefficient (Wildman–Crippen LogP) is 2.35. The highest BCUT2D eigenvalue weighted by molar-refractivity contribution is 5.94. The van der Waals surface area contributed by atoms with Crippen molar-refractivity contribution in [1.29, 1.82) is 0 Å². The van der Waals surface area contributed by atoms with Gasteiger partial charge < -0.3 is 10.2 Å². The number of amides is 1. The zero-order chi connectivity index (χ0) is 17.7. The molecular formula is C21H26N4O. The van der Waals surface area contributed by atoms with Gasteiger partial charge in [-0.3, -0.25) is 4.79 Å². The van der Waals surface area contributed by atoms with Gasteiger partial charge in [-0.05, 0) is 56.6 Å². The van der Waals surface area contributed by atoms with Gasteiger partial charge in [-0.15, -0.1) is 0 Å². The average Bonchev–Trinajstić information content (AvgIpc) is 3.35. The summed E-state index contributed by atoms with van der Waals surface area (Å²) >= 11 is 0. The summed E-state index contributed by atoms with van der Waals surface area (Å²) in [7, 11) is 0. The first kappa shape index (κ1) is 16.1. The van der Waals surface area contributed by atoms with Crippen molar-refractivity contribution in [3.05, 3.63) is 46.8 Å². The highest BCUT2D eigenvalue weighted by atomic mass is 16.2. The van der Waals surface area contributed by atoms with E-state index in [1.54, 1.807) is 0 Å². The van der Waals surface area contributed by atoms with E-state index in [-0.39, 0.29) is 5.91 Å². The van der Waals surface area contributed by atoms with Gasteiger partial charge in [-0.1, -0.05) is 17.7 Å². The van der Waals surface area contributed by atoms with E-state index in [4.69, 9.17) is 5.10 Å². The Kier molecular flexibility index (Phi) is 3.85. The van der Waals surface area contributed by atoms with E-state index in [0.29, 0.717) is 17.5 Å². The van der Waals surface area contributed by atoms with Gasteiger partial charge in [0.2, 0.25) is 0 Å². The van der Waals surface area contributed by atoms with Crippen LogP contribution in [0.3, 0.4) is 0 Å². The van der Waals surface area contributed by atoms with Crippen LogP contribution in [0.25, 0.3) is 5.69 Å². The first-order valence-electron chi connectivity index (χ1n) is 9.88. The average molecular weight is 350 g/mol. The second-order valence-corrected chi connectivity index (χ2v) is 8.12. The van der Waals surface area contributed by atoms with Crippen LogP contribution in [0.1, 0.15) is 40.2 Å². The molecule has 3 heterocycles. The number of nitrogens with zero attached hydrogens (tertiary/aromatic N) is 3. The Labute approximate surface area is 154 Å². The van der Waals surface area contributed by atoms with Gasteiger partial charge in [-0.25, -0.2) is 4.68 Å². The molecule has 0 spiro atoms. The van der Waals surface area contributed by atoms with Crippen molar-refractivity contribution >= 4 is 5.91 Å². The van der Waals surface area contributed by atoms with Crippen LogP contribution in [-0.4, -0.2) is 46.8 Å². The summed E-state index contributed by atoms with van der Waals surface area (Å²) in [5.74, 6) is 1.38. The number of hydrogen-bond acceptors (Lipinski definition) is 3. The number of nitrogens with one attached hydrogen (secondary N) is 1. The smallest absolute Gasteiger partial charge is 0.274 e. The standard InChI is InChI=1S/C21H26N4O/c1-14-6-8-17(9-7-14)25-19-5-3-2-4-18(19)20(23-25)21(26)24-12-15-10-22-11-16(15)13-24/h6-9,15-16,22H,2-5,10-13H2,1H3/t15-,16+. The third-order valence-electron chi connectivity index (χ3n) is 6.34. The number of aryl methyl sites for hydroxylation is 1. The normalized spacial score (nSPS) is 24.6. The topological polar surface area (TPSA) is 50.2 Å². The fourth-order valence-corrected chi connectivity index (χ4v) is 4.84. The zero-order valence-corrected chi connectivity index (χ0v) is 15.4. The summed E-state index contributed by atoms with van der Waals surface area (Å²) in [6, 6.07) is 8.44. The van der Waals surface area contributed by atoms with Crippen molar-refractivity contribution in [2.45, 2.75) is 32.6 Å². The van der Waals surface area contributed by atoms with Crippen LogP contribution < -0.4 is 5.32 Å². The summed E-state index contributed by atoms with van der Waals surface area (Å²) in [5, 5.41) is 8.29. The Morgan fingerprint density at radius 2 is 1.77 bits per heavy atom. The number of rotatable bonds is 2. The molecule has 5 heteroatoms. The number of benzene rings is 1. The maximum atomic E-state index is 13.3. The van der Waals surface area contributed by atoms with Crippen molar-refractivity contribution in [2.24, 2.45) is 11.8 Å². The summed E-state index contributed by atoms with van der Waals surface area (Å²) in [6.07, 6.45) is 4.32. The van der Waals surface area contributed by atoms with Gasteiger partial charge >= 0.3 is 0 Å². The zero-order valence-electron chi connectivity index (χ0n) is 15.4. The van der Waals surface area contributed by atoms with Gasteiger partial charge in [0.05, 0.1) is 5.69 Å². The molecule has 2 aromatic rings. The van der Waals surface area contributed by atoms with Gasteiger partial charge in [0.15, 0.2) is 5.69 Å². The summed E-state index contributed by atoms with van der Waals surface area (Å²) in [6.45, 7) is 5.94. The van der Waals surface area contributed by atoms with E-state index in [0.717, 1.165) is 51.1 Å². The molecule has 0 radical (unpaired) electrons. The lowest BCUT2D eigenvalue weighted by Gasteiger charge is -2.18. The second-order valence-electron chi connectivity index (χ2n) is 8.12. The van der Waals surface area contributed by atoms with Crippen molar-refractivity contribution in [2.75, 3.05) is 26.2 Å². The molecule has 1 amide bonds. The molecule has 136 valence electrons. The predicted molar refractivity (Wildman–Crippen MR) is 101 cm³/mol. The Balaban J connectivity index is 1.50. The van der Waals surface area contributed by atoms with E-state index in [9.17, 15) is 4.79 Å². The Hall–Kier alpha value is -2.14. The molecule has 0 unspecified atom stereocenters. The molecule has 2 fully saturated rings. The van der Waals surface area contributed by atoms with Crippen LogP contribution in [0.5, 0.6) is 0 Å². The van der Waals surface area contributed by atoms with Crippen molar-refractivity contribution in [3.63, 3.8) is 0 Å². The molecule has 2 saturated heterocycles. The fraction of sp³-hybridized carbons (Fsp3) is 0.524. The molecule has 0 bridgehead atoms. The quantitative estimate of drug-likeness (QED) is 0.905. The van der Waals surface area contributed by atoms with Crippen LogP contribution in [0.15, 0.2) is 24.3 Å². The number of aromatic nitrogens is 2. The number of carbonyl (C=O) groups is 1. The van der Waals surface area contributed by atoms with E-state index < -0.39 is 0 Å². The van der Waals surface area contributed by atoms with E-state index in [1.807, 2.05) is 9.58 Å². The SMILES string of the molecule is Cc1ccc(-n2nc(C(=O)N3C[C@H]4CNC[C@H]4C3)c3c2CCCC3)cc1. The van der Waals surface area contributed by atoms with Gasteiger partial charge in [0.25, 0.3) is 5.91 Å². The minimum absolute atomic E-state index is 0.142. The summed E-state index contributed by atoms with van der Waals surface area (Å²) in [4.78, 5) is 15.3. The monoisotopic (exact) mass is 350 g/mol. The molecular weight excluding hydrogens is 324 g/mol. The maximum Gasteiger partial charge on any atom is 0.274 e. The highest BCUT2D eigenvalue weighted by Gasteiger charge is 2.40. The maximum absolute atomic E-state index is 13.3. The molecule has 2 atom stereocenters. The van der Waals surface area contributed by atoms with Gasteiger partial charge in [0, 0.05) is 37.4 Å². The molecule has 0 saturated carbocycles. The third kappa shape index (κ3) is 2.57. The minimum Gasteiger partial charge on any atom is -0.337 e. The molecule has 1 aromatic heterocycles. The molecule has 1 N–H and O–H groups in total. The molecule has 3 aliphatic rings. The van der Waals surface area contributed by atoms with Crippen LogP contribution in [0.4, 0.5) is 0 Å². The Bertz CT molecular complexity index is 826. The largest absolute Gasteiger partial charge is 0.337 e. The van der Waals surface area contributed by atoms with E-state index in [1.165, 1.54) is 23.2 Å². The third-order valence-corrected chi connectivity index (χ3v) is 6.34.